The van der Waals surface area contributed by atoms with Gasteiger partial charge in [0.1, 0.15) is 6.10 Å². The van der Waals surface area contributed by atoms with Crippen molar-refractivity contribution in [2.45, 2.75) is 36.4 Å². The van der Waals surface area contributed by atoms with E-state index in [9.17, 15) is 4.79 Å². The zero-order chi connectivity index (χ0) is 10.6. The molecule has 0 aromatic heterocycles. The Bertz CT molecular complexity index is 391. The maximum Gasteiger partial charge on any atom is 0.302 e. The zero-order valence-electron chi connectivity index (χ0n) is 9.34. The van der Waals surface area contributed by atoms with Crippen molar-refractivity contribution in [1.82, 2.24) is 0 Å². The van der Waals surface area contributed by atoms with Crippen LogP contribution in [0.25, 0.3) is 0 Å². The second-order valence-electron chi connectivity index (χ2n) is 6.35. The second kappa shape index (κ2) is 2.47. The van der Waals surface area contributed by atoms with Crippen LogP contribution >= 0.6 is 11.8 Å². The van der Waals surface area contributed by atoms with Crippen LogP contribution < -0.4 is 0 Å². The molecule has 4 aliphatic rings. The molecular formula is C13H16O2S. The van der Waals surface area contributed by atoms with Crippen LogP contribution in [0.3, 0.4) is 0 Å². The third-order valence-electron chi connectivity index (χ3n) is 6.14. The fourth-order valence-corrected chi connectivity index (χ4v) is 8.54. The van der Waals surface area contributed by atoms with E-state index in [1.807, 2.05) is 0 Å². The van der Waals surface area contributed by atoms with Crippen molar-refractivity contribution in [2.75, 3.05) is 0 Å². The summed E-state index contributed by atoms with van der Waals surface area (Å²) in [5.74, 6) is 5.31. The van der Waals surface area contributed by atoms with E-state index < -0.39 is 0 Å². The monoisotopic (exact) mass is 236 g/mol. The smallest absolute Gasteiger partial charge is 0.302 e. The van der Waals surface area contributed by atoms with Crippen LogP contribution in [0.2, 0.25) is 0 Å². The highest BCUT2D eigenvalue weighted by molar-refractivity contribution is 8.01. The Morgan fingerprint density at radius 2 is 1.88 bits per heavy atom. The molecule has 3 saturated carbocycles. The van der Waals surface area contributed by atoms with Crippen molar-refractivity contribution in [1.29, 1.82) is 0 Å². The van der Waals surface area contributed by atoms with Crippen LogP contribution in [0.15, 0.2) is 0 Å². The van der Waals surface area contributed by atoms with E-state index in [2.05, 4.69) is 11.8 Å². The summed E-state index contributed by atoms with van der Waals surface area (Å²) in [5.41, 5.74) is 0. The van der Waals surface area contributed by atoms with Crippen LogP contribution in [-0.2, 0) is 9.53 Å². The van der Waals surface area contributed by atoms with E-state index in [1.165, 1.54) is 12.8 Å². The Hall–Kier alpha value is -0.180. The Labute approximate surface area is 99.5 Å². The fraction of sp³-hybridized carbons (Fsp3) is 0.923. The van der Waals surface area contributed by atoms with Gasteiger partial charge in [-0.2, -0.15) is 11.8 Å². The highest BCUT2D eigenvalue weighted by atomic mass is 32.2. The van der Waals surface area contributed by atoms with Crippen LogP contribution in [0.4, 0.5) is 0 Å². The number of fused-ring (bicyclic) bond motifs is 9. The maximum atomic E-state index is 11.2. The summed E-state index contributed by atoms with van der Waals surface area (Å²) in [4.78, 5) is 11.2. The lowest BCUT2D eigenvalue weighted by Crippen LogP contribution is -2.54. The number of thioether (sulfide) groups is 1. The van der Waals surface area contributed by atoms with Gasteiger partial charge in [0, 0.05) is 29.3 Å². The third kappa shape index (κ3) is 0.704. The van der Waals surface area contributed by atoms with Crippen molar-refractivity contribution in [2.24, 2.45) is 35.5 Å². The van der Waals surface area contributed by atoms with Gasteiger partial charge in [-0.1, -0.05) is 0 Å². The Balaban J connectivity index is 1.60. The van der Waals surface area contributed by atoms with Crippen molar-refractivity contribution < 1.29 is 9.53 Å². The molecule has 0 aromatic rings. The molecule has 1 saturated heterocycles. The van der Waals surface area contributed by atoms with Gasteiger partial charge in [0.15, 0.2) is 0 Å². The number of rotatable bonds is 1. The average Bonchev–Trinajstić information content (AvgIpc) is 2.54. The molecule has 3 aliphatic carbocycles. The van der Waals surface area contributed by atoms with Gasteiger partial charge in [0.2, 0.25) is 0 Å². The molecule has 0 radical (unpaired) electrons. The largest absolute Gasteiger partial charge is 0.462 e. The number of esters is 1. The molecule has 0 N–H and O–H groups in total. The van der Waals surface area contributed by atoms with Crippen molar-refractivity contribution >= 4 is 17.7 Å². The van der Waals surface area contributed by atoms with E-state index in [1.54, 1.807) is 6.92 Å². The molecule has 3 heteroatoms. The normalized spacial score (nSPS) is 67.2. The first-order valence-corrected chi connectivity index (χ1v) is 7.54. The second-order valence-corrected chi connectivity index (χ2v) is 7.71. The summed E-state index contributed by atoms with van der Waals surface area (Å²) in [6.07, 6.45) is 3.20. The number of carbonyl (C=O) groups excluding carboxylic acids is 1. The molecule has 86 valence electrons. The summed E-state index contributed by atoms with van der Waals surface area (Å²) >= 11 is 2.26. The minimum Gasteiger partial charge on any atom is -0.462 e. The minimum absolute atomic E-state index is 0.0544. The summed E-state index contributed by atoms with van der Waals surface area (Å²) in [6, 6.07) is 0. The van der Waals surface area contributed by atoms with Crippen molar-refractivity contribution in [3.05, 3.63) is 0 Å². The van der Waals surface area contributed by atoms with Crippen LogP contribution in [0.1, 0.15) is 19.8 Å². The van der Waals surface area contributed by atoms with Gasteiger partial charge in [-0.3, -0.25) is 4.79 Å². The van der Waals surface area contributed by atoms with Crippen molar-refractivity contribution in [3.8, 4) is 0 Å². The quantitative estimate of drug-likeness (QED) is 0.514. The van der Waals surface area contributed by atoms with E-state index >= 15 is 0 Å². The molecule has 4 rings (SSSR count). The van der Waals surface area contributed by atoms with Crippen LogP contribution in [-0.4, -0.2) is 22.6 Å². The van der Waals surface area contributed by atoms with Gasteiger partial charge in [-0.25, -0.2) is 0 Å². The van der Waals surface area contributed by atoms with Crippen molar-refractivity contribution in [3.63, 3.8) is 0 Å². The van der Waals surface area contributed by atoms with Gasteiger partial charge in [-0.05, 0) is 36.5 Å². The topological polar surface area (TPSA) is 26.3 Å². The fourth-order valence-electron chi connectivity index (χ4n) is 6.03. The molecule has 16 heavy (non-hydrogen) atoms. The Morgan fingerprint density at radius 1 is 1.06 bits per heavy atom. The van der Waals surface area contributed by atoms with Crippen LogP contribution in [0.5, 0.6) is 0 Å². The molecule has 2 nitrogen and oxygen atoms in total. The van der Waals surface area contributed by atoms with E-state index in [0.29, 0.717) is 6.10 Å². The molecule has 0 unspecified atom stereocenters. The molecule has 9 atom stereocenters. The Kier molecular flexibility index (Phi) is 1.37. The summed E-state index contributed by atoms with van der Waals surface area (Å²) in [5, 5.41) is 1.72. The molecule has 0 amide bonds. The lowest BCUT2D eigenvalue weighted by Gasteiger charge is -2.53. The predicted molar refractivity (Wildman–Crippen MR) is 60.9 cm³/mol. The molecule has 4 fully saturated rings. The van der Waals surface area contributed by atoms with Gasteiger partial charge in [0.05, 0.1) is 0 Å². The number of carbonyl (C=O) groups is 1. The van der Waals surface area contributed by atoms with Gasteiger partial charge < -0.3 is 4.74 Å². The molecule has 0 bridgehead atoms. The zero-order valence-corrected chi connectivity index (χ0v) is 10.2. The minimum atomic E-state index is -0.0544. The number of ether oxygens (including phenoxy) is 1. The molecular weight excluding hydrogens is 220 g/mol. The standard InChI is InChI=1S/C13H16O2S/c1-4(14)15-11-9-5-2-3-6-8-7(5)10(11)13(8)16-12(6)9/h5-13H,2-3H2,1H3/t5-,6+,7-,8+,9-,10+,11+,12+,13-/m1/s1. The first-order chi connectivity index (χ1) is 7.77. The van der Waals surface area contributed by atoms with E-state index in [4.69, 9.17) is 4.74 Å². The summed E-state index contributed by atoms with van der Waals surface area (Å²) in [7, 11) is 0. The molecule has 1 heterocycles. The maximum absolute atomic E-state index is 11.2. The highest BCUT2D eigenvalue weighted by Crippen LogP contribution is 2.80. The van der Waals surface area contributed by atoms with E-state index in [0.717, 1.165) is 46.0 Å². The Morgan fingerprint density at radius 3 is 2.69 bits per heavy atom. The SMILES string of the molecule is CC(=O)O[C@H]1[C@H]2[C@@H]3CC[C@@H]4[C@@H]2S[C@@H]2[C@@H]4[C@@H]3[C@@H]12. The van der Waals surface area contributed by atoms with Gasteiger partial charge in [0.25, 0.3) is 0 Å². The third-order valence-corrected chi connectivity index (χ3v) is 8.06. The van der Waals surface area contributed by atoms with Crippen LogP contribution in [0, 0.1) is 35.5 Å². The van der Waals surface area contributed by atoms with Gasteiger partial charge in [-0.15, -0.1) is 0 Å². The highest BCUT2D eigenvalue weighted by Gasteiger charge is 2.79. The van der Waals surface area contributed by atoms with E-state index in [-0.39, 0.29) is 5.97 Å². The first-order valence-electron chi connectivity index (χ1n) is 6.60. The molecule has 0 spiro atoms. The first kappa shape index (κ1) is 8.84. The molecule has 0 aromatic carbocycles. The lowest BCUT2D eigenvalue weighted by atomic mass is 9.50. The number of hydrogen-bond acceptors (Lipinski definition) is 3. The van der Waals surface area contributed by atoms with Gasteiger partial charge >= 0.3 is 5.97 Å². The number of hydrogen-bond donors (Lipinski definition) is 0. The summed E-state index contributed by atoms with van der Waals surface area (Å²) < 4.78 is 5.68. The lowest BCUT2D eigenvalue weighted by molar-refractivity contribution is -0.152. The summed E-state index contributed by atoms with van der Waals surface area (Å²) in [6.45, 7) is 1.58. The molecule has 1 aliphatic heterocycles. The average molecular weight is 236 g/mol. The predicted octanol–water partition coefficient (Wildman–Crippen LogP) is 1.93.